The van der Waals surface area contributed by atoms with E-state index in [1.165, 1.54) is 24.5 Å². The van der Waals surface area contributed by atoms with Gasteiger partial charge in [0.05, 0.1) is 11.6 Å². The van der Waals surface area contributed by atoms with Gasteiger partial charge in [-0.1, -0.05) is 27.5 Å². The number of methoxy groups -OCH3 is 1. The van der Waals surface area contributed by atoms with Crippen LogP contribution in [0, 0.1) is 0 Å². The van der Waals surface area contributed by atoms with Crippen molar-refractivity contribution in [3.05, 3.63) is 27.7 Å². The van der Waals surface area contributed by atoms with Crippen LogP contribution in [0.2, 0.25) is 5.02 Å². The fourth-order valence-corrected chi connectivity index (χ4v) is 3.35. The predicted molar refractivity (Wildman–Crippen MR) is 70.8 cm³/mol. The van der Waals surface area contributed by atoms with Crippen molar-refractivity contribution in [2.24, 2.45) is 0 Å². The van der Waals surface area contributed by atoms with Crippen molar-refractivity contribution in [2.45, 2.75) is 4.90 Å². The van der Waals surface area contributed by atoms with Crippen molar-refractivity contribution in [2.75, 3.05) is 27.3 Å². The Hall–Kier alpha value is -0.140. The standard InChI is InChI=1S/C10H13BrClNO3S/c1-13(5-6-16-2)17(14,15)10-4-3-8(11)7-9(10)12/h3-4,7H,5-6H2,1-2H3. The molecule has 0 unspecified atom stereocenters. The zero-order chi connectivity index (χ0) is 13.1. The number of benzene rings is 1. The molecule has 96 valence electrons. The Balaban J connectivity index is 3.04. The Kier molecular flexibility index (Phi) is 5.40. The topological polar surface area (TPSA) is 46.6 Å². The van der Waals surface area contributed by atoms with E-state index in [4.69, 9.17) is 16.3 Å². The molecule has 1 aromatic rings. The molecule has 1 aromatic carbocycles. The highest BCUT2D eigenvalue weighted by molar-refractivity contribution is 9.10. The summed E-state index contributed by atoms with van der Waals surface area (Å²) in [6.45, 7) is 0.620. The van der Waals surface area contributed by atoms with Crippen molar-refractivity contribution in [3.8, 4) is 0 Å². The van der Waals surface area contributed by atoms with Gasteiger partial charge in [0.1, 0.15) is 4.90 Å². The molecule has 0 heterocycles. The maximum absolute atomic E-state index is 12.1. The second kappa shape index (κ2) is 6.15. The molecule has 0 aliphatic carbocycles. The van der Waals surface area contributed by atoms with Crippen LogP contribution in [0.25, 0.3) is 0 Å². The van der Waals surface area contributed by atoms with E-state index in [0.29, 0.717) is 6.61 Å². The number of halogens is 2. The van der Waals surface area contributed by atoms with Crippen LogP contribution < -0.4 is 0 Å². The second-order valence-electron chi connectivity index (χ2n) is 3.39. The summed E-state index contributed by atoms with van der Waals surface area (Å²) >= 11 is 9.15. The number of hydrogen-bond donors (Lipinski definition) is 0. The maximum Gasteiger partial charge on any atom is 0.244 e. The van der Waals surface area contributed by atoms with Crippen molar-refractivity contribution >= 4 is 37.6 Å². The monoisotopic (exact) mass is 341 g/mol. The molecule has 0 aliphatic heterocycles. The first kappa shape index (κ1) is 14.9. The Bertz CT molecular complexity index is 492. The molecule has 0 radical (unpaired) electrons. The molecule has 0 saturated heterocycles. The Labute approximate surface area is 115 Å². The Morgan fingerprint density at radius 1 is 1.47 bits per heavy atom. The number of ether oxygens (including phenoxy) is 1. The largest absolute Gasteiger partial charge is 0.383 e. The van der Waals surface area contributed by atoms with Crippen LogP contribution >= 0.6 is 27.5 Å². The molecule has 0 bridgehead atoms. The van der Waals surface area contributed by atoms with Crippen LogP contribution in [0.1, 0.15) is 0 Å². The summed E-state index contributed by atoms with van der Waals surface area (Å²) in [5, 5.41) is 0.198. The second-order valence-corrected chi connectivity index (χ2v) is 6.73. The lowest BCUT2D eigenvalue weighted by Gasteiger charge is -2.17. The van der Waals surface area contributed by atoms with E-state index in [-0.39, 0.29) is 16.5 Å². The van der Waals surface area contributed by atoms with E-state index in [0.717, 1.165) is 4.47 Å². The van der Waals surface area contributed by atoms with Gasteiger partial charge in [0.15, 0.2) is 0 Å². The van der Waals surface area contributed by atoms with Crippen LogP contribution in [0.3, 0.4) is 0 Å². The lowest BCUT2D eigenvalue weighted by Crippen LogP contribution is -2.30. The van der Waals surface area contributed by atoms with E-state index >= 15 is 0 Å². The van der Waals surface area contributed by atoms with E-state index < -0.39 is 10.0 Å². The molecule has 0 aliphatic rings. The van der Waals surface area contributed by atoms with Crippen LogP contribution in [0.4, 0.5) is 0 Å². The quantitative estimate of drug-likeness (QED) is 0.825. The van der Waals surface area contributed by atoms with Gasteiger partial charge in [0, 0.05) is 25.2 Å². The van der Waals surface area contributed by atoms with E-state index in [1.807, 2.05) is 0 Å². The summed E-state index contributed by atoms with van der Waals surface area (Å²) in [5.41, 5.74) is 0. The van der Waals surface area contributed by atoms with Crippen LogP contribution in [-0.2, 0) is 14.8 Å². The summed E-state index contributed by atoms with van der Waals surface area (Å²) in [4.78, 5) is 0.0981. The molecule has 0 fully saturated rings. The fourth-order valence-electron chi connectivity index (χ4n) is 1.19. The summed E-state index contributed by atoms with van der Waals surface area (Å²) < 4.78 is 31.1. The number of nitrogens with zero attached hydrogens (tertiary/aromatic N) is 1. The fraction of sp³-hybridized carbons (Fsp3) is 0.400. The van der Waals surface area contributed by atoms with Crippen molar-refractivity contribution in [1.29, 1.82) is 0 Å². The number of rotatable bonds is 5. The molecule has 0 spiro atoms. The van der Waals surface area contributed by atoms with E-state index in [2.05, 4.69) is 15.9 Å². The smallest absolute Gasteiger partial charge is 0.244 e. The van der Waals surface area contributed by atoms with Crippen molar-refractivity contribution < 1.29 is 13.2 Å². The highest BCUT2D eigenvalue weighted by Crippen LogP contribution is 2.27. The van der Waals surface area contributed by atoms with E-state index in [9.17, 15) is 8.42 Å². The van der Waals surface area contributed by atoms with Gasteiger partial charge in [0.2, 0.25) is 10.0 Å². The van der Waals surface area contributed by atoms with Crippen molar-refractivity contribution in [1.82, 2.24) is 4.31 Å². The molecular formula is C10H13BrClNO3S. The third kappa shape index (κ3) is 3.66. The van der Waals surface area contributed by atoms with Gasteiger partial charge in [-0.25, -0.2) is 8.42 Å². The van der Waals surface area contributed by atoms with Crippen LogP contribution in [0.15, 0.2) is 27.6 Å². The minimum absolute atomic E-state index is 0.0981. The van der Waals surface area contributed by atoms with Gasteiger partial charge in [0.25, 0.3) is 0 Å². The first-order chi connectivity index (χ1) is 7.89. The van der Waals surface area contributed by atoms with Crippen LogP contribution in [0.5, 0.6) is 0 Å². The third-order valence-corrected chi connectivity index (χ3v) is 5.03. The first-order valence-electron chi connectivity index (χ1n) is 4.80. The van der Waals surface area contributed by atoms with Gasteiger partial charge in [-0.15, -0.1) is 0 Å². The Morgan fingerprint density at radius 3 is 2.65 bits per heavy atom. The van der Waals surface area contributed by atoms with Crippen LogP contribution in [-0.4, -0.2) is 40.0 Å². The molecule has 0 amide bonds. The van der Waals surface area contributed by atoms with Gasteiger partial charge in [-0.3, -0.25) is 0 Å². The Morgan fingerprint density at radius 2 is 2.12 bits per heavy atom. The molecule has 1 rings (SSSR count). The number of likely N-dealkylation sites (N-methyl/N-ethyl adjacent to an activating group) is 1. The van der Waals surface area contributed by atoms with Gasteiger partial charge >= 0.3 is 0 Å². The molecule has 7 heteroatoms. The third-order valence-electron chi connectivity index (χ3n) is 2.19. The highest BCUT2D eigenvalue weighted by atomic mass is 79.9. The van der Waals surface area contributed by atoms with Crippen molar-refractivity contribution in [3.63, 3.8) is 0 Å². The molecule has 0 aromatic heterocycles. The zero-order valence-electron chi connectivity index (χ0n) is 9.48. The van der Waals surface area contributed by atoms with Gasteiger partial charge in [-0.05, 0) is 18.2 Å². The minimum atomic E-state index is -3.56. The average Bonchev–Trinajstić information content (AvgIpc) is 2.25. The molecule has 0 N–H and O–H groups in total. The molecule has 0 atom stereocenters. The lowest BCUT2D eigenvalue weighted by atomic mass is 10.4. The molecule has 4 nitrogen and oxygen atoms in total. The van der Waals surface area contributed by atoms with Gasteiger partial charge < -0.3 is 4.74 Å². The summed E-state index contributed by atoms with van der Waals surface area (Å²) in [6.07, 6.45) is 0. The number of hydrogen-bond acceptors (Lipinski definition) is 3. The minimum Gasteiger partial charge on any atom is -0.383 e. The first-order valence-corrected chi connectivity index (χ1v) is 7.41. The molecule has 0 saturated carbocycles. The predicted octanol–water partition coefficient (Wildman–Crippen LogP) is 2.37. The zero-order valence-corrected chi connectivity index (χ0v) is 12.6. The average molecular weight is 343 g/mol. The highest BCUT2D eigenvalue weighted by Gasteiger charge is 2.23. The molecular weight excluding hydrogens is 330 g/mol. The maximum atomic E-state index is 12.1. The summed E-state index contributed by atoms with van der Waals surface area (Å²) in [7, 11) is -0.544. The normalized spacial score (nSPS) is 12.1. The number of sulfonamides is 1. The summed E-state index contributed by atoms with van der Waals surface area (Å²) in [6, 6.07) is 4.67. The SMILES string of the molecule is COCCN(C)S(=O)(=O)c1ccc(Br)cc1Cl. The lowest BCUT2D eigenvalue weighted by molar-refractivity contribution is 0.185. The summed E-state index contributed by atoms with van der Waals surface area (Å²) in [5.74, 6) is 0. The van der Waals surface area contributed by atoms with Gasteiger partial charge in [-0.2, -0.15) is 4.31 Å². The molecule has 17 heavy (non-hydrogen) atoms. The van der Waals surface area contributed by atoms with E-state index in [1.54, 1.807) is 12.1 Å².